The van der Waals surface area contributed by atoms with Crippen LogP contribution in [0.5, 0.6) is 0 Å². The average Bonchev–Trinajstić information content (AvgIpc) is 2.87. The summed E-state index contributed by atoms with van der Waals surface area (Å²) in [6.07, 6.45) is 5.99. The normalized spacial score (nSPS) is 15.8. The topological polar surface area (TPSA) is 61.2 Å². The van der Waals surface area contributed by atoms with Gasteiger partial charge in [0.1, 0.15) is 5.65 Å². The van der Waals surface area contributed by atoms with E-state index in [1.807, 2.05) is 52.4 Å². The Bertz CT molecular complexity index is 890. The van der Waals surface area contributed by atoms with E-state index in [2.05, 4.69) is 9.88 Å². The monoisotopic (exact) mass is 417 g/mol. The molecule has 8 heteroatoms. The molecule has 3 rings (SSSR count). The van der Waals surface area contributed by atoms with Gasteiger partial charge in [0.2, 0.25) is 11.8 Å². The molecule has 0 N–H and O–H groups in total. The van der Waals surface area contributed by atoms with Crippen molar-refractivity contribution in [2.24, 2.45) is 0 Å². The molecule has 0 spiro atoms. The van der Waals surface area contributed by atoms with Crippen LogP contribution in [-0.4, -0.2) is 81.7 Å². The number of likely N-dealkylation sites (N-methyl/N-ethyl adjacent to an activating group) is 1. The van der Waals surface area contributed by atoms with Gasteiger partial charge in [-0.2, -0.15) is 0 Å². The number of fused-ring (bicyclic) bond motifs is 1. The molecule has 1 aliphatic rings. The second kappa shape index (κ2) is 9.89. The summed E-state index contributed by atoms with van der Waals surface area (Å²) in [6, 6.07) is 5.66. The lowest BCUT2D eigenvalue weighted by molar-refractivity contribution is -0.132. The van der Waals surface area contributed by atoms with E-state index in [4.69, 9.17) is 11.6 Å². The van der Waals surface area contributed by atoms with Crippen LogP contribution in [-0.2, 0) is 9.59 Å². The maximum atomic E-state index is 12.7. The van der Waals surface area contributed by atoms with Crippen molar-refractivity contribution < 1.29 is 9.59 Å². The van der Waals surface area contributed by atoms with Crippen LogP contribution in [0.4, 0.5) is 0 Å². The first kappa shape index (κ1) is 21.3. The van der Waals surface area contributed by atoms with E-state index < -0.39 is 0 Å². The van der Waals surface area contributed by atoms with Crippen LogP contribution >= 0.6 is 11.6 Å². The number of nitrogens with zero attached hydrogens (tertiary/aromatic N) is 5. The lowest BCUT2D eigenvalue weighted by Crippen LogP contribution is -2.41. The fourth-order valence-corrected chi connectivity index (χ4v) is 3.85. The zero-order valence-electron chi connectivity index (χ0n) is 17.1. The van der Waals surface area contributed by atoms with Gasteiger partial charge in [0, 0.05) is 51.5 Å². The van der Waals surface area contributed by atoms with Crippen LogP contribution in [0, 0.1) is 0 Å². The van der Waals surface area contributed by atoms with Crippen molar-refractivity contribution >= 4 is 35.1 Å². The molecule has 156 valence electrons. The van der Waals surface area contributed by atoms with Gasteiger partial charge in [-0.05, 0) is 38.5 Å². The average molecular weight is 418 g/mol. The molecule has 3 heterocycles. The number of halogens is 1. The van der Waals surface area contributed by atoms with Gasteiger partial charge in [-0.25, -0.2) is 4.98 Å². The molecule has 1 fully saturated rings. The molecular weight excluding hydrogens is 390 g/mol. The predicted octanol–water partition coefficient (Wildman–Crippen LogP) is 2.40. The van der Waals surface area contributed by atoms with Gasteiger partial charge in [0.25, 0.3) is 0 Å². The van der Waals surface area contributed by atoms with Gasteiger partial charge < -0.3 is 9.80 Å². The summed E-state index contributed by atoms with van der Waals surface area (Å²) >= 11 is 6.23. The maximum Gasteiger partial charge on any atom is 0.246 e. The van der Waals surface area contributed by atoms with Crippen molar-refractivity contribution in [2.75, 3.05) is 45.8 Å². The quantitative estimate of drug-likeness (QED) is 0.677. The molecule has 0 aliphatic carbocycles. The minimum absolute atomic E-state index is 0.0520. The van der Waals surface area contributed by atoms with Gasteiger partial charge in [0.15, 0.2) is 5.15 Å². The highest BCUT2D eigenvalue weighted by Gasteiger charge is 2.21. The van der Waals surface area contributed by atoms with E-state index >= 15 is 0 Å². The van der Waals surface area contributed by atoms with E-state index in [9.17, 15) is 9.59 Å². The van der Waals surface area contributed by atoms with Gasteiger partial charge in [-0.15, -0.1) is 0 Å². The van der Waals surface area contributed by atoms with Crippen LogP contribution in [0.25, 0.3) is 11.7 Å². The summed E-state index contributed by atoms with van der Waals surface area (Å²) in [4.78, 5) is 35.1. The minimum atomic E-state index is -0.0520. The van der Waals surface area contributed by atoms with Crippen LogP contribution in [0.3, 0.4) is 0 Å². The molecule has 0 aromatic carbocycles. The molecule has 0 saturated carbocycles. The second-order valence-electron chi connectivity index (χ2n) is 7.07. The smallest absolute Gasteiger partial charge is 0.246 e. The van der Waals surface area contributed by atoms with Gasteiger partial charge in [0.05, 0.1) is 12.2 Å². The highest BCUT2D eigenvalue weighted by atomic mass is 35.5. The first-order chi connectivity index (χ1) is 14.0. The Hall–Kier alpha value is -2.38. The number of pyridine rings is 1. The Morgan fingerprint density at radius 3 is 2.72 bits per heavy atom. The van der Waals surface area contributed by atoms with Crippen LogP contribution in [0.15, 0.2) is 30.5 Å². The van der Waals surface area contributed by atoms with Crippen LogP contribution in [0.2, 0.25) is 5.15 Å². The maximum absolute atomic E-state index is 12.7. The minimum Gasteiger partial charge on any atom is -0.342 e. The van der Waals surface area contributed by atoms with E-state index in [1.165, 1.54) is 0 Å². The van der Waals surface area contributed by atoms with E-state index in [1.54, 1.807) is 12.2 Å². The summed E-state index contributed by atoms with van der Waals surface area (Å²) < 4.78 is 1.86. The first-order valence-electron chi connectivity index (χ1n) is 10.1. The van der Waals surface area contributed by atoms with Gasteiger partial charge in [-0.3, -0.25) is 18.9 Å². The Morgan fingerprint density at radius 1 is 1.17 bits per heavy atom. The predicted molar refractivity (Wildman–Crippen MR) is 115 cm³/mol. The number of imidazole rings is 1. The number of carbonyl (C=O) groups is 2. The third-order valence-electron chi connectivity index (χ3n) is 5.28. The Kier molecular flexibility index (Phi) is 7.28. The largest absolute Gasteiger partial charge is 0.342 e. The standard InChI is InChI=1S/C21H28ClN5O2/c1-3-25(4-2)20(29)16-24-11-7-12-26(15-14-24)19(28)10-9-17-21(22)23-18-8-5-6-13-27(17)18/h5-6,8-10,13H,3-4,7,11-12,14-16H2,1-2H3. The summed E-state index contributed by atoms with van der Waals surface area (Å²) in [5, 5.41) is 0.372. The van der Waals surface area contributed by atoms with E-state index in [0.29, 0.717) is 37.0 Å². The molecule has 2 aromatic rings. The van der Waals surface area contributed by atoms with E-state index in [-0.39, 0.29) is 11.8 Å². The SMILES string of the molecule is CCN(CC)C(=O)CN1CCCN(C(=O)C=Cc2c(Cl)nc3ccccn23)CC1. The highest BCUT2D eigenvalue weighted by Crippen LogP contribution is 2.19. The Balaban J connectivity index is 1.60. The molecule has 0 bridgehead atoms. The number of carbonyl (C=O) groups excluding carboxylic acids is 2. The molecule has 29 heavy (non-hydrogen) atoms. The number of hydrogen-bond acceptors (Lipinski definition) is 4. The Morgan fingerprint density at radius 2 is 1.97 bits per heavy atom. The summed E-state index contributed by atoms with van der Waals surface area (Å²) in [6.45, 7) is 8.66. The number of aromatic nitrogens is 2. The highest BCUT2D eigenvalue weighted by molar-refractivity contribution is 6.31. The molecule has 2 amide bonds. The first-order valence-corrected chi connectivity index (χ1v) is 10.5. The van der Waals surface area contributed by atoms with Crippen molar-refractivity contribution in [3.05, 3.63) is 41.3 Å². The summed E-state index contributed by atoms with van der Waals surface area (Å²) in [5.41, 5.74) is 1.43. The molecule has 7 nitrogen and oxygen atoms in total. The molecule has 1 aliphatic heterocycles. The fourth-order valence-electron chi connectivity index (χ4n) is 3.61. The third-order valence-corrected chi connectivity index (χ3v) is 5.56. The number of hydrogen-bond donors (Lipinski definition) is 0. The third kappa shape index (κ3) is 5.16. The van der Waals surface area contributed by atoms with Crippen LogP contribution < -0.4 is 0 Å². The second-order valence-corrected chi connectivity index (χ2v) is 7.43. The molecule has 0 unspecified atom stereocenters. The summed E-state index contributed by atoms with van der Waals surface area (Å²) in [7, 11) is 0. The molecular formula is C21H28ClN5O2. The van der Waals surface area contributed by atoms with Crippen molar-refractivity contribution in [1.82, 2.24) is 24.1 Å². The molecule has 1 saturated heterocycles. The Labute approximate surface area is 176 Å². The van der Waals surface area contributed by atoms with Crippen molar-refractivity contribution in [3.8, 4) is 0 Å². The van der Waals surface area contributed by atoms with Crippen molar-refractivity contribution in [1.29, 1.82) is 0 Å². The van der Waals surface area contributed by atoms with Gasteiger partial charge >= 0.3 is 0 Å². The molecule has 0 atom stereocenters. The molecule has 2 aromatic heterocycles. The zero-order chi connectivity index (χ0) is 20.8. The lowest BCUT2D eigenvalue weighted by atomic mass is 10.3. The fraction of sp³-hybridized carbons (Fsp3) is 0.476. The number of rotatable bonds is 6. The summed E-state index contributed by atoms with van der Waals surface area (Å²) in [5.74, 6) is 0.0980. The zero-order valence-corrected chi connectivity index (χ0v) is 17.8. The van der Waals surface area contributed by atoms with Crippen LogP contribution in [0.1, 0.15) is 26.0 Å². The van der Waals surface area contributed by atoms with Gasteiger partial charge in [-0.1, -0.05) is 17.7 Å². The van der Waals surface area contributed by atoms with Crippen molar-refractivity contribution in [2.45, 2.75) is 20.3 Å². The lowest BCUT2D eigenvalue weighted by Gasteiger charge is -2.25. The molecule has 0 radical (unpaired) electrons. The van der Waals surface area contributed by atoms with E-state index in [0.717, 1.165) is 31.7 Å². The number of amides is 2. The van der Waals surface area contributed by atoms with Crippen molar-refractivity contribution in [3.63, 3.8) is 0 Å².